The maximum absolute atomic E-state index is 7.59. The molecule has 5 nitrogen and oxygen atoms in total. The van der Waals surface area contributed by atoms with E-state index in [0.29, 0.717) is 12.1 Å². The molecule has 2 rings (SSSR count). The predicted octanol–water partition coefficient (Wildman–Crippen LogP) is 1.71. The van der Waals surface area contributed by atoms with Gasteiger partial charge in [0.1, 0.15) is 5.84 Å². The summed E-state index contributed by atoms with van der Waals surface area (Å²) in [5.74, 6) is 0.0430. The Morgan fingerprint density at radius 1 is 1.37 bits per heavy atom. The molecule has 2 aromatic rings. The highest BCUT2D eigenvalue weighted by atomic mass is 15.1. The van der Waals surface area contributed by atoms with Crippen LogP contribution in [0, 0.1) is 12.3 Å². The van der Waals surface area contributed by atoms with Crippen LogP contribution in [0.2, 0.25) is 0 Å². The van der Waals surface area contributed by atoms with E-state index in [2.05, 4.69) is 9.97 Å². The number of aryl methyl sites for hydroxylation is 1. The normalized spacial score (nSPS) is 10.2. The summed E-state index contributed by atoms with van der Waals surface area (Å²) in [7, 11) is 1.94. The molecule has 0 aliphatic rings. The molecule has 0 radical (unpaired) electrons. The van der Waals surface area contributed by atoms with Gasteiger partial charge in [0.2, 0.25) is 0 Å². The van der Waals surface area contributed by atoms with Gasteiger partial charge in [-0.15, -0.1) is 0 Å². The lowest BCUT2D eigenvalue weighted by molar-refractivity contribution is 0.872. The molecule has 3 N–H and O–H groups in total. The molecule has 0 saturated heterocycles. The largest absolute Gasteiger partial charge is 0.384 e. The second kappa shape index (κ2) is 5.48. The van der Waals surface area contributed by atoms with E-state index in [1.807, 2.05) is 37.1 Å². The minimum Gasteiger partial charge on any atom is -0.384 e. The zero-order chi connectivity index (χ0) is 13.8. The van der Waals surface area contributed by atoms with Crippen molar-refractivity contribution in [2.24, 2.45) is 5.73 Å². The molecule has 0 aliphatic carbocycles. The second-order valence-electron chi connectivity index (χ2n) is 4.43. The molecule has 0 amide bonds. The molecule has 0 saturated carbocycles. The number of pyridine rings is 2. The van der Waals surface area contributed by atoms with Crippen LogP contribution < -0.4 is 10.6 Å². The van der Waals surface area contributed by atoms with Gasteiger partial charge in [0.15, 0.2) is 0 Å². The molecule has 0 spiro atoms. The Kier molecular flexibility index (Phi) is 3.75. The molecule has 0 fully saturated rings. The van der Waals surface area contributed by atoms with Gasteiger partial charge in [0, 0.05) is 24.5 Å². The number of nitrogens with one attached hydrogen (secondary N) is 1. The van der Waals surface area contributed by atoms with Crippen LogP contribution in [0.15, 0.2) is 36.7 Å². The second-order valence-corrected chi connectivity index (χ2v) is 4.43. The number of anilines is 1. The van der Waals surface area contributed by atoms with Crippen molar-refractivity contribution < 1.29 is 0 Å². The number of hydrogen-bond acceptors (Lipinski definition) is 4. The summed E-state index contributed by atoms with van der Waals surface area (Å²) in [5.41, 5.74) is 9.06. The van der Waals surface area contributed by atoms with Gasteiger partial charge in [0.05, 0.1) is 24.1 Å². The molecule has 0 aliphatic heterocycles. The maximum atomic E-state index is 7.59. The van der Waals surface area contributed by atoms with Gasteiger partial charge in [-0.2, -0.15) is 0 Å². The first kappa shape index (κ1) is 13.0. The Labute approximate surface area is 112 Å². The highest BCUT2D eigenvalue weighted by molar-refractivity contribution is 6.00. The van der Waals surface area contributed by atoms with Crippen molar-refractivity contribution in [3.05, 3.63) is 53.6 Å². The van der Waals surface area contributed by atoms with E-state index in [9.17, 15) is 0 Å². The molecule has 0 aromatic carbocycles. The van der Waals surface area contributed by atoms with Crippen LogP contribution in [0.5, 0.6) is 0 Å². The number of hydrogen-bond donors (Lipinski definition) is 2. The van der Waals surface area contributed by atoms with Crippen LogP contribution in [0.1, 0.15) is 17.0 Å². The fraction of sp³-hybridized carbons (Fsp3) is 0.214. The Morgan fingerprint density at radius 2 is 2.16 bits per heavy atom. The topological polar surface area (TPSA) is 78.9 Å². The zero-order valence-corrected chi connectivity index (χ0v) is 11.1. The van der Waals surface area contributed by atoms with Crippen LogP contribution in [0.25, 0.3) is 0 Å². The third-order valence-corrected chi connectivity index (χ3v) is 2.85. The molecule has 2 heterocycles. The summed E-state index contributed by atoms with van der Waals surface area (Å²) in [4.78, 5) is 10.6. The molecule has 0 bridgehead atoms. The number of rotatable bonds is 4. The first-order chi connectivity index (χ1) is 9.08. The Balaban J connectivity index is 2.25. The third kappa shape index (κ3) is 3.07. The molecule has 5 heteroatoms. The minimum atomic E-state index is 0.0430. The fourth-order valence-corrected chi connectivity index (χ4v) is 1.93. The van der Waals surface area contributed by atoms with Gasteiger partial charge in [-0.05, 0) is 25.1 Å². The first-order valence-corrected chi connectivity index (χ1v) is 6.00. The van der Waals surface area contributed by atoms with E-state index in [-0.39, 0.29) is 5.84 Å². The Bertz CT molecular complexity index is 594. The van der Waals surface area contributed by atoms with E-state index in [1.165, 1.54) is 0 Å². The number of nitrogens with zero attached hydrogens (tertiary/aromatic N) is 3. The molecular formula is C14H17N5. The van der Waals surface area contributed by atoms with E-state index in [4.69, 9.17) is 11.1 Å². The lowest BCUT2D eigenvalue weighted by Crippen LogP contribution is -2.22. The Hall–Kier alpha value is -2.43. The van der Waals surface area contributed by atoms with Crippen molar-refractivity contribution in [1.29, 1.82) is 5.41 Å². The highest BCUT2D eigenvalue weighted by Gasteiger charge is 2.10. The Morgan fingerprint density at radius 3 is 2.84 bits per heavy atom. The van der Waals surface area contributed by atoms with Crippen LogP contribution in [0.4, 0.5) is 5.69 Å². The molecule has 0 atom stereocenters. The molecular weight excluding hydrogens is 238 g/mol. The lowest BCUT2D eigenvalue weighted by atomic mass is 10.2. The predicted molar refractivity (Wildman–Crippen MR) is 76.3 cm³/mol. The van der Waals surface area contributed by atoms with Crippen molar-refractivity contribution in [3.63, 3.8) is 0 Å². The molecule has 98 valence electrons. The quantitative estimate of drug-likeness (QED) is 0.644. The summed E-state index contributed by atoms with van der Waals surface area (Å²) >= 11 is 0. The van der Waals surface area contributed by atoms with Gasteiger partial charge in [-0.1, -0.05) is 6.07 Å². The minimum absolute atomic E-state index is 0.0430. The van der Waals surface area contributed by atoms with E-state index in [0.717, 1.165) is 17.1 Å². The van der Waals surface area contributed by atoms with Crippen molar-refractivity contribution in [2.45, 2.75) is 13.5 Å². The zero-order valence-electron chi connectivity index (χ0n) is 11.1. The van der Waals surface area contributed by atoms with Gasteiger partial charge < -0.3 is 10.6 Å². The number of aromatic nitrogens is 2. The molecule has 0 unspecified atom stereocenters. The monoisotopic (exact) mass is 255 g/mol. The molecule has 19 heavy (non-hydrogen) atoms. The maximum Gasteiger partial charge on any atom is 0.125 e. The van der Waals surface area contributed by atoms with E-state index >= 15 is 0 Å². The van der Waals surface area contributed by atoms with E-state index in [1.54, 1.807) is 18.5 Å². The fourth-order valence-electron chi connectivity index (χ4n) is 1.93. The SMILES string of the molecule is Cc1cccc(CN(C)c2cnccc2C(=N)N)n1. The van der Waals surface area contributed by atoms with Crippen LogP contribution >= 0.6 is 0 Å². The number of nitrogen functional groups attached to an aromatic ring is 1. The smallest absolute Gasteiger partial charge is 0.125 e. The summed E-state index contributed by atoms with van der Waals surface area (Å²) in [5, 5.41) is 7.59. The van der Waals surface area contributed by atoms with Crippen molar-refractivity contribution >= 4 is 11.5 Å². The van der Waals surface area contributed by atoms with Crippen molar-refractivity contribution in [3.8, 4) is 0 Å². The van der Waals surface area contributed by atoms with Gasteiger partial charge in [-0.3, -0.25) is 15.4 Å². The first-order valence-electron chi connectivity index (χ1n) is 6.00. The van der Waals surface area contributed by atoms with Crippen LogP contribution in [-0.2, 0) is 6.54 Å². The summed E-state index contributed by atoms with van der Waals surface area (Å²) in [6.45, 7) is 2.61. The number of amidine groups is 1. The molecule has 2 aromatic heterocycles. The number of nitrogens with two attached hydrogens (primary N) is 1. The van der Waals surface area contributed by atoms with Crippen LogP contribution in [0.3, 0.4) is 0 Å². The van der Waals surface area contributed by atoms with Crippen molar-refractivity contribution in [2.75, 3.05) is 11.9 Å². The summed E-state index contributed by atoms with van der Waals surface area (Å²) < 4.78 is 0. The standard InChI is InChI=1S/C14H17N5/c1-10-4-3-5-11(18-10)9-19(2)13-8-17-7-6-12(13)14(15)16/h3-8H,9H2,1-2H3,(H3,15,16). The average Bonchev–Trinajstić information content (AvgIpc) is 2.38. The average molecular weight is 255 g/mol. The van der Waals surface area contributed by atoms with Crippen LogP contribution in [-0.4, -0.2) is 22.9 Å². The van der Waals surface area contributed by atoms with Gasteiger partial charge >= 0.3 is 0 Å². The van der Waals surface area contributed by atoms with Gasteiger partial charge in [-0.25, -0.2) is 0 Å². The summed E-state index contributed by atoms with van der Waals surface area (Å²) in [6, 6.07) is 7.68. The lowest BCUT2D eigenvalue weighted by Gasteiger charge is -2.21. The summed E-state index contributed by atoms with van der Waals surface area (Å²) in [6.07, 6.45) is 3.35. The third-order valence-electron chi connectivity index (χ3n) is 2.85. The van der Waals surface area contributed by atoms with Gasteiger partial charge in [0.25, 0.3) is 0 Å². The highest BCUT2D eigenvalue weighted by Crippen LogP contribution is 2.18. The van der Waals surface area contributed by atoms with E-state index < -0.39 is 0 Å². The van der Waals surface area contributed by atoms with Crippen molar-refractivity contribution in [1.82, 2.24) is 9.97 Å².